The third-order valence-electron chi connectivity index (χ3n) is 1.16. The molecule has 0 aliphatic rings. The summed E-state index contributed by atoms with van der Waals surface area (Å²) in [7, 11) is 0. The second-order valence-electron chi connectivity index (χ2n) is 1.99. The van der Waals surface area contributed by atoms with Gasteiger partial charge in [-0.3, -0.25) is 0 Å². The fraction of sp³-hybridized carbons (Fsp3) is 0.625. The molecule has 9 heavy (non-hydrogen) atoms. The molecule has 0 aliphatic carbocycles. The van der Waals surface area contributed by atoms with E-state index in [4.69, 9.17) is 0 Å². The summed E-state index contributed by atoms with van der Waals surface area (Å²) in [5.41, 5.74) is 0. The van der Waals surface area contributed by atoms with Gasteiger partial charge < -0.3 is 6.92 Å². The molecule has 0 rings (SSSR count). The third-order valence-corrected chi connectivity index (χ3v) is 1.16. The van der Waals surface area contributed by atoms with Crippen LogP contribution in [0.1, 0.15) is 32.1 Å². The van der Waals surface area contributed by atoms with Gasteiger partial charge in [0.15, 0.2) is 0 Å². The first-order valence-corrected chi connectivity index (χ1v) is 3.32. The van der Waals surface area contributed by atoms with Gasteiger partial charge in [-0.25, -0.2) is 0 Å². The third kappa shape index (κ3) is 11.8. The summed E-state index contributed by atoms with van der Waals surface area (Å²) in [5, 5.41) is 0. The summed E-state index contributed by atoms with van der Waals surface area (Å²) in [5.74, 6) is 0. The van der Waals surface area contributed by atoms with Gasteiger partial charge in [-0.15, -0.1) is 6.58 Å². The fourth-order valence-corrected chi connectivity index (χ4v) is 0.642. The largest absolute Gasteiger partial charge is 0.343 e. The Labute approximate surface area is 71.5 Å². The molecule has 0 aromatic rings. The van der Waals surface area contributed by atoms with Gasteiger partial charge in [0, 0.05) is 19.5 Å². The fourth-order valence-electron chi connectivity index (χ4n) is 0.642. The molecule has 0 radical (unpaired) electrons. The van der Waals surface area contributed by atoms with Crippen molar-refractivity contribution in [1.82, 2.24) is 0 Å². The normalized spacial score (nSPS) is 8.11. The Morgan fingerprint density at radius 3 is 2.33 bits per heavy atom. The molecule has 0 amide bonds. The molecule has 0 fully saturated rings. The SMILES string of the molecule is C=CCCCCC[CH2-].[Zn]. The van der Waals surface area contributed by atoms with Crippen LogP contribution in [-0.4, -0.2) is 0 Å². The quantitative estimate of drug-likeness (QED) is 0.262. The Hall–Kier alpha value is 0.363. The molecule has 0 unspecified atom stereocenters. The molecule has 0 aromatic heterocycles. The number of hydrogen-bond donors (Lipinski definition) is 0. The van der Waals surface area contributed by atoms with Gasteiger partial charge in [0.1, 0.15) is 0 Å². The second kappa shape index (κ2) is 11.2. The zero-order valence-corrected chi connectivity index (χ0v) is 9.20. The van der Waals surface area contributed by atoms with Crippen molar-refractivity contribution in [1.29, 1.82) is 0 Å². The molecule has 1 heteroatoms. The van der Waals surface area contributed by atoms with E-state index in [9.17, 15) is 0 Å². The van der Waals surface area contributed by atoms with E-state index >= 15 is 0 Å². The summed E-state index contributed by atoms with van der Waals surface area (Å²) in [4.78, 5) is 0. The van der Waals surface area contributed by atoms with Crippen LogP contribution in [-0.2, 0) is 19.5 Å². The number of unbranched alkanes of at least 4 members (excludes halogenated alkanes) is 4. The molecule has 0 saturated heterocycles. The molecule has 0 heterocycles. The van der Waals surface area contributed by atoms with Gasteiger partial charge in [-0.05, 0) is 12.8 Å². The maximum Gasteiger partial charge on any atom is 0 e. The van der Waals surface area contributed by atoms with E-state index in [2.05, 4.69) is 13.5 Å². The summed E-state index contributed by atoms with van der Waals surface area (Å²) < 4.78 is 0. The predicted molar refractivity (Wildman–Crippen MR) is 38.6 cm³/mol. The van der Waals surface area contributed by atoms with Gasteiger partial charge >= 0.3 is 0 Å². The summed E-state index contributed by atoms with van der Waals surface area (Å²) in [6.07, 6.45) is 8.10. The minimum Gasteiger partial charge on any atom is -0.343 e. The van der Waals surface area contributed by atoms with Crippen molar-refractivity contribution in [3.63, 3.8) is 0 Å². The van der Waals surface area contributed by atoms with Crippen LogP contribution in [0.15, 0.2) is 12.7 Å². The molecule has 0 nitrogen and oxygen atoms in total. The second-order valence-corrected chi connectivity index (χ2v) is 1.99. The van der Waals surface area contributed by atoms with E-state index in [0.717, 1.165) is 6.42 Å². The van der Waals surface area contributed by atoms with Crippen molar-refractivity contribution in [2.24, 2.45) is 0 Å². The van der Waals surface area contributed by atoms with E-state index in [1.54, 1.807) is 0 Å². The topological polar surface area (TPSA) is 0 Å². The molecule has 0 aromatic carbocycles. The van der Waals surface area contributed by atoms with Crippen LogP contribution in [0.3, 0.4) is 0 Å². The van der Waals surface area contributed by atoms with Crippen LogP contribution in [0.4, 0.5) is 0 Å². The summed E-state index contributed by atoms with van der Waals surface area (Å²) in [6, 6.07) is 0. The smallest absolute Gasteiger partial charge is 0 e. The van der Waals surface area contributed by atoms with Crippen LogP contribution in [0, 0.1) is 6.92 Å². The minimum atomic E-state index is 0. The zero-order valence-electron chi connectivity index (χ0n) is 6.23. The Morgan fingerprint density at radius 2 is 1.89 bits per heavy atom. The average molecular weight is 177 g/mol. The monoisotopic (exact) mass is 175 g/mol. The Morgan fingerprint density at radius 1 is 1.22 bits per heavy atom. The van der Waals surface area contributed by atoms with E-state index < -0.39 is 0 Å². The number of hydrogen-bond acceptors (Lipinski definition) is 0. The van der Waals surface area contributed by atoms with E-state index in [0.29, 0.717) is 0 Å². The van der Waals surface area contributed by atoms with Crippen molar-refractivity contribution < 1.29 is 19.5 Å². The number of allylic oxidation sites excluding steroid dienone is 1. The van der Waals surface area contributed by atoms with E-state index in [1.165, 1.54) is 25.7 Å². The Balaban J connectivity index is 0. The maximum absolute atomic E-state index is 3.76. The molecular weight excluding hydrogens is 161 g/mol. The van der Waals surface area contributed by atoms with Crippen molar-refractivity contribution in [3.8, 4) is 0 Å². The predicted octanol–water partition coefficient (Wildman–Crippen LogP) is 2.95. The maximum atomic E-state index is 3.76. The Bertz CT molecular complexity index is 50.5. The van der Waals surface area contributed by atoms with Crippen molar-refractivity contribution in [3.05, 3.63) is 19.6 Å². The first-order chi connectivity index (χ1) is 3.91. The van der Waals surface area contributed by atoms with Gasteiger partial charge in [0.05, 0.1) is 0 Å². The summed E-state index contributed by atoms with van der Waals surface area (Å²) >= 11 is 0. The molecule has 50 valence electrons. The van der Waals surface area contributed by atoms with Crippen LogP contribution in [0.5, 0.6) is 0 Å². The van der Waals surface area contributed by atoms with Crippen LogP contribution < -0.4 is 0 Å². The van der Waals surface area contributed by atoms with Crippen LogP contribution in [0.2, 0.25) is 0 Å². The molecule has 0 spiro atoms. The Kier molecular flexibility index (Phi) is 15.0. The van der Waals surface area contributed by atoms with Gasteiger partial charge in [0.2, 0.25) is 0 Å². The molecule has 0 bridgehead atoms. The molecule has 0 saturated carbocycles. The van der Waals surface area contributed by atoms with E-state index in [1.807, 2.05) is 6.08 Å². The standard InChI is InChI=1S/C8H15.Zn/c1-3-5-7-8-6-4-2;/h3H,1-2,4-8H2;/q-1;. The molecule has 0 N–H and O–H groups in total. The first-order valence-electron chi connectivity index (χ1n) is 3.32. The van der Waals surface area contributed by atoms with Gasteiger partial charge in [0.25, 0.3) is 0 Å². The van der Waals surface area contributed by atoms with Gasteiger partial charge in [-0.2, -0.15) is 6.42 Å². The summed E-state index contributed by atoms with van der Waals surface area (Å²) in [6.45, 7) is 7.40. The minimum absolute atomic E-state index is 0. The molecule has 0 atom stereocenters. The zero-order chi connectivity index (χ0) is 6.24. The van der Waals surface area contributed by atoms with Crippen LogP contribution in [0.25, 0.3) is 0 Å². The first kappa shape index (κ1) is 12.1. The van der Waals surface area contributed by atoms with Crippen molar-refractivity contribution in [2.45, 2.75) is 32.1 Å². The average Bonchev–Trinajstić information content (AvgIpc) is 1.81. The number of rotatable bonds is 5. The molecule has 0 aliphatic heterocycles. The van der Waals surface area contributed by atoms with Crippen molar-refractivity contribution >= 4 is 0 Å². The van der Waals surface area contributed by atoms with Gasteiger partial charge in [-0.1, -0.05) is 18.9 Å². The van der Waals surface area contributed by atoms with Crippen LogP contribution >= 0.6 is 0 Å². The van der Waals surface area contributed by atoms with Crippen molar-refractivity contribution in [2.75, 3.05) is 0 Å². The van der Waals surface area contributed by atoms with E-state index in [-0.39, 0.29) is 19.5 Å². The molecular formula is C8H15Zn-.